The highest BCUT2D eigenvalue weighted by molar-refractivity contribution is 7.86. The van der Waals surface area contributed by atoms with E-state index in [0.29, 0.717) is 12.1 Å². The maximum atomic E-state index is 10.6. The Morgan fingerprint density at radius 2 is 0.923 bits per heavy atom. The lowest BCUT2D eigenvalue weighted by Gasteiger charge is -2.27. The van der Waals surface area contributed by atoms with Crippen LogP contribution in [0.4, 0.5) is 0 Å². The van der Waals surface area contributed by atoms with Crippen molar-refractivity contribution in [3.63, 3.8) is 0 Å². The van der Waals surface area contributed by atoms with Gasteiger partial charge in [-0.15, -0.1) is 0 Å². The molecule has 0 atom stereocenters. The van der Waals surface area contributed by atoms with E-state index in [4.69, 9.17) is 9.11 Å². The van der Waals surface area contributed by atoms with Crippen molar-refractivity contribution in [2.45, 2.75) is 63.5 Å². The van der Waals surface area contributed by atoms with Gasteiger partial charge in [0.2, 0.25) is 0 Å². The lowest BCUT2D eigenvalue weighted by molar-refractivity contribution is 0.315. The highest BCUT2D eigenvalue weighted by Crippen LogP contribution is 2.25. The number of nitrogens with one attached hydrogen (secondary N) is 2. The van der Waals surface area contributed by atoms with Crippen molar-refractivity contribution in [2.24, 2.45) is 11.8 Å². The summed E-state index contributed by atoms with van der Waals surface area (Å²) in [6, 6.07) is 1.05. The van der Waals surface area contributed by atoms with E-state index >= 15 is 0 Å². The van der Waals surface area contributed by atoms with E-state index in [1.807, 2.05) is 14.1 Å². The molecule has 0 aromatic rings. The summed E-state index contributed by atoms with van der Waals surface area (Å²) in [5.74, 6) is 0.173. The Kier molecular flexibility index (Phi) is 9.98. The van der Waals surface area contributed by atoms with Gasteiger partial charge in [-0.3, -0.25) is 9.11 Å². The Balaban J connectivity index is 0.000000260. The highest BCUT2D eigenvalue weighted by Gasteiger charge is 2.24. The molecule has 0 amide bonds. The van der Waals surface area contributed by atoms with Gasteiger partial charge in [0, 0.05) is 12.1 Å². The Labute approximate surface area is 158 Å². The Hall–Kier alpha value is -0.260. The van der Waals surface area contributed by atoms with Gasteiger partial charge in [0.25, 0.3) is 20.2 Å². The van der Waals surface area contributed by atoms with E-state index in [1.165, 1.54) is 0 Å². The third kappa shape index (κ3) is 10.8. The minimum absolute atomic E-state index is 0.0660. The van der Waals surface area contributed by atoms with E-state index in [0.717, 1.165) is 51.4 Å². The zero-order chi connectivity index (χ0) is 19.8. The van der Waals surface area contributed by atoms with Crippen LogP contribution in [0.5, 0.6) is 0 Å². The third-order valence-electron chi connectivity index (χ3n) is 5.40. The zero-order valence-electron chi connectivity index (χ0n) is 15.7. The van der Waals surface area contributed by atoms with Gasteiger partial charge >= 0.3 is 0 Å². The summed E-state index contributed by atoms with van der Waals surface area (Å²) < 4.78 is 59.7. The van der Waals surface area contributed by atoms with E-state index in [1.54, 1.807) is 0 Å². The molecule has 0 heterocycles. The van der Waals surface area contributed by atoms with Crippen molar-refractivity contribution in [1.29, 1.82) is 0 Å². The first-order valence-electron chi connectivity index (χ1n) is 9.27. The highest BCUT2D eigenvalue weighted by atomic mass is 32.2. The van der Waals surface area contributed by atoms with Gasteiger partial charge in [0.05, 0.1) is 11.5 Å². The Morgan fingerprint density at radius 1 is 0.654 bits per heavy atom. The van der Waals surface area contributed by atoms with E-state index in [2.05, 4.69) is 10.6 Å². The standard InChI is InChI=1S/2C8H17NO3S/c2*1-9-8-4-2-7(3-5-8)6-13(10,11)12/h2*7-9H,2-6H2,1H3,(H,10,11,12). The van der Waals surface area contributed by atoms with Gasteiger partial charge in [-0.25, -0.2) is 0 Å². The van der Waals surface area contributed by atoms with Crippen LogP contribution < -0.4 is 10.6 Å². The fraction of sp³-hybridized carbons (Fsp3) is 1.00. The van der Waals surface area contributed by atoms with Crippen LogP contribution in [0, 0.1) is 11.8 Å². The molecule has 10 heteroatoms. The first-order chi connectivity index (χ1) is 12.0. The van der Waals surface area contributed by atoms with Crippen LogP contribution in [0.1, 0.15) is 51.4 Å². The van der Waals surface area contributed by atoms with Crippen molar-refractivity contribution in [3.8, 4) is 0 Å². The lowest BCUT2D eigenvalue weighted by Crippen LogP contribution is -2.32. The molecule has 0 bridgehead atoms. The van der Waals surface area contributed by atoms with Crippen LogP contribution in [-0.2, 0) is 20.2 Å². The summed E-state index contributed by atoms with van der Waals surface area (Å²) in [5.41, 5.74) is 0. The van der Waals surface area contributed by atoms with Crippen LogP contribution in [0.15, 0.2) is 0 Å². The first kappa shape index (κ1) is 23.8. The number of hydrogen-bond acceptors (Lipinski definition) is 6. The van der Waals surface area contributed by atoms with Crippen LogP contribution >= 0.6 is 0 Å². The molecule has 0 radical (unpaired) electrons. The van der Waals surface area contributed by atoms with Gasteiger partial charge in [-0.2, -0.15) is 16.8 Å². The van der Waals surface area contributed by atoms with Crippen molar-refractivity contribution in [3.05, 3.63) is 0 Å². The van der Waals surface area contributed by atoms with Gasteiger partial charge < -0.3 is 10.6 Å². The topological polar surface area (TPSA) is 133 Å². The molecular formula is C16H34N2O6S2. The molecule has 0 saturated heterocycles. The maximum absolute atomic E-state index is 10.6. The molecule has 0 aromatic carbocycles. The minimum atomic E-state index is -3.77. The molecule has 8 nitrogen and oxygen atoms in total. The first-order valence-corrected chi connectivity index (χ1v) is 12.5. The van der Waals surface area contributed by atoms with Gasteiger partial charge in [-0.05, 0) is 77.3 Å². The quantitative estimate of drug-likeness (QED) is 0.478. The predicted octanol–water partition coefficient (Wildman–Crippen LogP) is 1.30. The number of hydrogen-bond donors (Lipinski definition) is 4. The van der Waals surface area contributed by atoms with Crippen LogP contribution in [-0.4, -0.2) is 63.6 Å². The second-order valence-electron chi connectivity index (χ2n) is 7.51. The molecule has 0 unspecified atom stereocenters. The summed E-state index contributed by atoms with van der Waals surface area (Å²) in [6.45, 7) is 0. The zero-order valence-corrected chi connectivity index (χ0v) is 17.4. The van der Waals surface area contributed by atoms with Crippen LogP contribution in [0.25, 0.3) is 0 Å². The summed E-state index contributed by atoms with van der Waals surface area (Å²) in [4.78, 5) is 0. The third-order valence-corrected chi connectivity index (χ3v) is 7.19. The molecule has 0 aliphatic heterocycles. The van der Waals surface area contributed by atoms with Crippen molar-refractivity contribution < 1.29 is 25.9 Å². The van der Waals surface area contributed by atoms with Crippen molar-refractivity contribution >= 4 is 20.2 Å². The average molecular weight is 415 g/mol. The van der Waals surface area contributed by atoms with Crippen LogP contribution in [0.3, 0.4) is 0 Å². The van der Waals surface area contributed by atoms with Gasteiger partial charge in [0.1, 0.15) is 0 Å². The van der Waals surface area contributed by atoms with E-state index in [-0.39, 0.29) is 23.3 Å². The molecule has 2 fully saturated rings. The number of rotatable bonds is 6. The molecule has 0 spiro atoms. The molecule has 2 saturated carbocycles. The predicted molar refractivity (Wildman–Crippen MR) is 102 cm³/mol. The summed E-state index contributed by atoms with van der Waals surface area (Å²) in [5, 5.41) is 6.35. The normalized spacial score (nSPS) is 30.3. The van der Waals surface area contributed by atoms with Gasteiger partial charge in [-0.1, -0.05) is 0 Å². The summed E-state index contributed by atoms with van der Waals surface area (Å²) >= 11 is 0. The monoisotopic (exact) mass is 414 g/mol. The Bertz CT molecular complexity index is 538. The molecule has 26 heavy (non-hydrogen) atoms. The van der Waals surface area contributed by atoms with Gasteiger partial charge in [0.15, 0.2) is 0 Å². The molecule has 156 valence electrons. The Morgan fingerprint density at radius 3 is 1.12 bits per heavy atom. The molecular weight excluding hydrogens is 380 g/mol. The largest absolute Gasteiger partial charge is 0.317 e. The average Bonchev–Trinajstić information content (AvgIpc) is 2.54. The smallest absolute Gasteiger partial charge is 0.265 e. The molecule has 4 N–H and O–H groups in total. The molecule has 0 aromatic heterocycles. The lowest BCUT2D eigenvalue weighted by atomic mass is 9.87. The summed E-state index contributed by atoms with van der Waals surface area (Å²) in [6.07, 6.45) is 7.62. The second-order valence-corrected chi connectivity index (χ2v) is 10.5. The molecule has 2 aliphatic carbocycles. The second kappa shape index (κ2) is 10.9. The SMILES string of the molecule is CNC1CCC(CS(=O)(=O)O)CC1.CNC1CCC(CS(=O)(=O)O)CC1. The molecule has 2 aliphatic rings. The van der Waals surface area contributed by atoms with Crippen LogP contribution in [0.2, 0.25) is 0 Å². The molecule has 2 rings (SSSR count). The van der Waals surface area contributed by atoms with E-state index < -0.39 is 20.2 Å². The fourth-order valence-corrected chi connectivity index (χ4v) is 5.69. The minimum Gasteiger partial charge on any atom is -0.317 e. The maximum Gasteiger partial charge on any atom is 0.265 e. The fourth-order valence-electron chi connectivity index (χ4n) is 3.83. The van der Waals surface area contributed by atoms with Crippen molar-refractivity contribution in [2.75, 3.05) is 25.6 Å². The van der Waals surface area contributed by atoms with Crippen molar-refractivity contribution in [1.82, 2.24) is 10.6 Å². The summed E-state index contributed by atoms with van der Waals surface area (Å²) in [7, 11) is -3.69. The van der Waals surface area contributed by atoms with E-state index in [9.17, 15) is 16.8 Å².